The van der Waals surface area contributed by atoms with Crippen LogP contribution in [0.4, 0.5) is 0 Å². The third kappa shape index (κ3) is 3.69. The lowest BCUT2D eigenvalue weighted by Crippen LogP contribution is -2.55. The molecular weight excluding hydrogens is 313 g/mol. The molecule has 114 valence electrons. The van der Waals surface area contributed by atoms with Gasteiger partial charge in [-0.3, -0.25) is 4.79 Å². The molecule has 21 heavy (non-hydrogen) atoms. The molecule has 0 saturated heterocycles. The van der Waals surface area contributed by atoms with Crippen molar-refractivity contribution in [3.63, 3.8) is 0 Å². The van der Waals surface area contributed by atoms with Crippen LogP contribution in [0, 0.1) is 5.92 Å². The van der Waals surface area contributed by atoms with E-state index in [9.17, 15) is 9.59 Å². The molecule has 0 bridgehead atoms. The van der Waals surface area contributed by atoms with Gasteiger partial charge in [-0.2, -0.15) is 0 Å². The molecule has 1 aromatic carbocycles. The number of methoxy groups -OCH3 is 1. The number of carbonyl (C=O) groups excluding carboxylic acids is 2. The summed E-state index contributed by atoms with van der Waals surface area (Å²) in [7, 11) is 1.32. The van der Waals surface area contributed by atoms with Gasteiger partial charge in [-0.1, -0.05) is 29.3 Å². The summed E-state index contributed by atoms with van der Waals surface area (Å²) in [6.07, 6.45) is 1.91. The highest BCUT2D eigenvalue weighted by atomic mass is 35.5. The maximum absolute atomic E-state index is 12.2. The normalized spacial score (nSPS) is 17.0. The zero-order chi connectivity index (χ0) is 15.6. The quantitative estimate of drug-likeness (QED) is 0.845. The minimum absolute atomic E-state index is 0.0926. The van der Waals surface area contributed by atoms with Crippen LogP contribution in [0.25, 0.3) is 0 Å². The molecule has 1 N–H and O–H groups in total. The van der Waals surface area contributed by atoms with Crippen molar-refractivity contribution < 1.29 is 14.3 Å². The Morgan fingerprint density at radius 1 is 1.38 bits per heavy atom. The molecule has 1 amide bonds. The zero-order valence-corrected chi connectivity index (χ0v) is 13.4. The number of rotatable bonds is 5. The zero-order valence-electron chi connectivity index (χ0n) is 11.9. The number of esters is 1. The molecule has 1 aliphatic carbocycles. The minimum Gasteiger partial charge on any atom is -0.467 e. The van der Waals surface area contributed by atoms with Gasteiger partial charge in [0.1, 0.15) is 5.54 Å². The molecular formula is C15H17Cl2NO3. The smallest absolute Gasteiger partial charge is 0.331 e. The summed E-state index contributed by atoms with van der Waals surface area (Å²) in [6.45, 7) is 1.71. The Balaban J connectivity index is 2.08. The largest absolute Gasteiger partial charge is 0.467 e. The number of halogens is 2. The lowest BCUT2D eigenvalue weighted by molar-refractivity contribution is -0.151. The first-order valence-corrected chi connectivity index (χ1v) is 7.45. The standard InChI is InChI=1S/C15H17Cl2NO3/c1-15(10-4-5-10,14(20)21-2)18-13(19)7-9-3-6-11(16)8-12(9)17/h3,6,8,10H,4-5,7H2,1-2H3,(H,18,19). The molecule has 1 saturated carbocycles. The van der Waals surface area contributed by atoms with Gasteiger partial charge in [0.2, 0.25) is 5.91 Å². The van der Waals surface area contributed by atoms with Crippen molar-refractivity contribution in [1.82, 2.24) is 5.32 Å². The summed E-state index contributed by atoms with van der Waals surface area (Å²) in [4.78, 5) is 24.1. The van der Waals surface area contributed by atoms with Gasteiger partial charge in [0, 0.05) is 10.0 Å². The molecule has 0 radical (unpaired) electrons. The molecule has 1 fully saturated rings. The summed E-state index contributed by atoms with van der Waals surface area (Å²) in [5.41, 5.74) is -0.299. The van der Waals surface area contributed by atoms with Crippen LogP contribution in [0.1, 0.15) is 25.3 Å². The van der Waals surface area contributed by atoms with Gasteiger partial charge >= 0.3 is 5.97 Å². The van der Waals surface area contributed by atoms with E-state index in [1.54, 1.807) is 25.1 Å². The van der Waals surface area contributed by atoms with Gasteiger partial charge in [0.15, 0.2) is 0 Å². The number of nitrogens with one attached hydrogen (secondary N) is 1. The number of amides is 1. The molecule has 1 unspecified atom stereocenters. The van der Waals surface area contributed by atoms with Gasteiger partial charge < -0.3 is 10.1 Å². The molecule has 0 heterocycles. The fourth-order valence-corrected chi connectivity index (χ4v) is 2.84. The number of carbonyl (C=O) groups is 2. The van der Waals surface area contributed by atoms with E-state index in [0.29, 0.717) is 15.6 Å². The van der Waals surface area contributed by atoms with Crippen LogP contribution in [-0.4, -0.2) is 24.5 Å². The van der Waals surface area contributed by atoms with Crippen molar-refractivity contribution in [3.05, 3.63) is 33.8 Å². The van der Waals surface area contributed by atoms with Crippen LogP contribution in [-0.2, 0) is 20.7 Å². The molecule has 0 aromatic heterocycles. The Labute approximate surface area is 133 Å². The maximum Gasteiger partial charge on any atom is 0.331 e. The summed E-state index contributed by atoms with van der Waals surface area (Å²) >= 11 is 11.9. The lowest BCUT2D eigenvalue weighted by atomic mass is 9.95. The van der Waals surface area contributed by atoms with Crippen LogP contribution in [0.2, 0.25) is 10.0 Å². The summed E-state index contributed by atoms with van der Waals surface area (Å²) in [5, 5.41) is 3.74. The van der Waals surface area contributed by atoms with Crippen molar-refractivity contribution >= 4 is 35.1 Å². The van der Waals surface area contributed by atoms with Crippen LogP contribution < -0.4 is 5.32 Å². The van der Waals surface area contributed by atoms with Gasteiger partial charge in [0.05, 0.1) is 13.5 Å². The number of benzene rings is 1. The predicted octanol–water partition coefficient (Wildman–Crippen LogP) is 2.99. The van der Waals surface area contributed by atoms with E-state index in [4.69, 9.17) is 27.9 Å². The Morgan fingerprint density at radius 2 is 2.05 bits per heavy atom. The molecule has 2 rings (SSSR count). The summed E-state index contributed by atoms with van der Waals surface area (Å²) < 4.78 is 4.81. The molecule has 4 nitrogen and oxygen atoms in total. The topological polar surface area (TPSA) is 55.4 Å². The van der Waals surface area contributed by atoms with E-state index in [1.165, 1.54) is 7.11 Å². The molecule has 6 heteroatoms. The summed E-state index contributed by atoms with van der Waals surface area (Å²) in [5.74, 6) is -0.547. The van der Waals surface area contributed by atoms with E-state index in [0.717, 1.165) is 12.8 Å². The molecule has 1 atom stereocenters. The maximum atomic E-state index is 12.2. The fraction of sp³-hybridized carbons (Fsp3) is 0.467. The van der Waals surface area contributed by atoms with E-state index in [2.05, 4.69) is 5.32 Å². The van der Waals surface area contributed by atoms with E-state index in [-0.39, 0.29) is 18.2 Å². The van der Waals surface area contributed by atoms with Crippen molar-refractivity contribution in [1.29, 1.82) is 0 Å². The third-order valence-electron chi connectivity index (χ3n) is 3.77. The number of ether oxygens (including phenoxy) is 1. The van der Waals surface area contributed by atoms with E-state index >= 15 is 0 Å². The second-order valence-corrected chi connectivity index (χ2v) is 6.27. The number of hydrogen-bond acceptors (Lipinski definition) is 3. The van der Waals surface area contributed by atoms with Crippen LogP contribution >= 0.6 is 23.2 Å². The average molecular weight is 330 g/mol. The molecule has 0 aliphatic heterocycles. The highest BCUT2D eigenvalue weighted by molar-refractivity contribution is 6.35. The molecule has 1 aliphatic rings. The average Bonchev–Trinajstić information content (AvgIpc) is 3.25. The van der Waals surface area contributed by atoms with Crippen molar-refractivity contribution in [2.24, 2.45) is 5.92 Å². The lowest BCUT2D eigenvalue weighted by Gasteiger charge is -2.28. The highest BCUT2D eigenvalue weighted by Gasteiger charge is 2.49. The first-order chi connectivity index (χ1) is 9.86. The Bertz CT molecular complexity index is 572. The highest BCUT2D eigenvalue weighted by Crippen LogP contribution is 2.40. The Morgan fingerprint density at radius 3 is 2.57 bits per heavy atom. The van der Waals surface area contributed by atoms with Gasteiger partial charge in [0.25, 0.3) is 0 Å². The Hall–Kier alpha value is -1.26. The third-order valence-corrected chi connectivity index (χ3v) is 4.36. The first kappa shape index (κ1) is 16.1. The van der Waals surface area contributed by atoms with Gasteiger partial charge in [-0.05, 0) is 43.4 Å². The van der Waals surface area contributed by atoms with E-state index in [1.807, 2.05) is 0 Å². The summed E-state index contributed by atoms with van der Waals surface area (Å²) in [6, 6.07) is 4.97. The van der Waals surface area contributed by atoms with Crippen molar-refractivity contribution in [3.8, 4) is 0 Å². The van der Waals surface area contributed by atoms with Crippen LogP contribution in [0.3, 0.4) is 0 Å². The second kappa shape index (κ2) is 6.24. The second-order valence-electron chi connectivity index (χ2n) is 5.43. The van der Waals surface area contributed by atoms with Gasteiger partial charge in [-0.25, -0.2) is 4.79 Å². The predicted molar refractivity (Wildman–Crippen MR) is 81.5 cm³/mol. The first-order valence-electron chi connectivity index (χ1n) is 6.70. The minimum atomic E-state index is -0.968. The van der Waals surface area contributed by atoms with Crippen molar-refractivity contribution in [2.45, 2.75) is 31.7 Å². The van der Waals surface area contributed by atoms with Crippen LogP contribution in [0.5, 0.6) is 0 Å². The molecule has 0 spiro atoms. The Kier molecular flexibility index (Phi) is 4.79. The van der Waals surface area contributed by atoms with Gasteiger partial charge in [-0.15, -0.1) is 0 Å². The monoisotopic (exact) mass is 329 g/mol. The van der Waals surface area contributed by atoms with E-state index < -0.39 is 11.5 Å². The SMILES string of the molecule is COC(=O)C(C)(NC(=O)Cc1ccc(Cl)cc1Cl)C1CC1. The molecule has 1 aromatic rings. The number of hydrogen-bond donors (Lipinski definition) is 1. The van der Waals surface area contributed by atoms with Crippen molar-refractivity contribution in [2.75, 3.05) is 7.11 Å². The fourth-order valence-electron chi connectivity index (χ4n) is 2.36. The van der Waals surface area contributed by atoms with Crippen LogP contribution in [0.15, 0.2) is 18.2 Å².